The van der Waals surface area contributed by atoms with E-state index in [9.17, 15) is 9.90 Å². The van der Waals surface area contributed by atoms with E-state index >= 15 is 0 Å². The second-order valence-corrected chi connectivity index (χ2v) is 7.27. The molecule has 0 aliphatic carbocycles. The second kappa shape index (κ2) is 7.55. The van der Waals surface area contributed by atoms with Gasteiger partial charge in [-0.1, -0.05) is 35.9 Å². The zero-order valence-corrected chi connectivity index (χ0v) is 16.4. The molecule has 0 spiro atoms. The summed E-state index contributed by atoms with van der Waals surface area (Å²) in [4.78, 5) is 12.4. The highest BCUT2D eigenvalue weighted by Gasteiger charge is 2.13. The van der Waals surface area contributed by atoms with Gasteiger partial charge in [-0.2, -0.15) is 0 Å². The quantitative estimate of drug-likeness (QED) is 0.358. The minimum atomic E-state index is -0.385. The summed E-state index contributed by atoms with van der Waals surface area (Å²) in [5.41, 5.74) is 1.04. The predicted molar refractivity (Wildman–Crippen MR) is 113 cm³/mol. The maximum atomic E-state index is 12.4. The van der Waals surface area contributed by atoms with E-state index in [-0.39, 0.29) is 16.8 Å². The number of halogens is 2. The Morgan fingerprint density at radius 2 is 1.80 bits per heavy atom. The first kappa shape index (κ1) is 17.9. The molecule has 0 bridgehead atoms. The van der Waals surface area contributed by atoms with Crippen LogP contribution in [0.25, 0.3) is 10.8 Å². The third kappa shape index (κ3) is 4.02. The zero-order chi connectivity index (χ0) is 18.0. The number of thiocarbonyl (C=S) groups is 1. The largest absolute Gasteiger partial charge is 0.507 e. The Kier molecular flexibility index (Phi) is 5.41. The average Bonchev–Trinajstić information content (AvgIpc) is 2.58. The molecule has 3 aromatic carbocycles. The highest BCUT2D eigenvalue weighted by Crippen LogP contribution is 2.29. The lowest BCUT2D eigenvalue weighted by atomic mass is 10.1. The zero-order valence-electron chi connectivity index (χ0n) is 12.7. The van der Waals surface area contributed by atoms with E-state index in [1.807, 2.05) is 24.3 Å². The number of nitrogens with one attached hydrogen (secondary N) is 2. The van der Waals surface area contributed by atoms with Crippen LogP contribution in [0.5, 0.6) is 5.75 Å². The van der Waals surface area contributed by atoms with Gasteiger partial charge in [0.05, 0.1) is 10.6 Å². The van der Waals surface area contributed by atoms with Crippen LogP contribution >= 0.6 is 46.4 Å². The van der Waals surface area contributed by atoms with Crippen LogP contribution in [0, 0.1) is 3.57 Å². The van der Waals surface area contributed by atoms with Crippen molar-refractivity contribution in [3.63, 3.8) is 0 Å². The molecule has 25 heavy (non-hydrogen) atoms. The summed E-state index contributed by atoms with van der Waals surface area (Å²) >= 11 is 13.4. The molecule has 0 radical (unpaired) electrons. The number of phenolic OH excluding ortho intramolecular Hbond substituents is 1. The van der Waals surface area contributed by atoms with E-state index in [4.69, 9.17) is 23.8 Å². The Labute approximate surface area is 168 Å². The van der Waals surface area contributed by atoms with Crippen molar-refractivity contribution < 1.29 is 9.90 Å². The summed E-state index contributed by atoms with van der Waals surface area (Å²) < 4.78 is 0.899. The van der Waals surface area contributed by atoms with Crippen LogP contribution in [0.15, 0.2) is 54.6 Å². The monoisotopic (exact) mass is 482 g/mol. The summed E-state index contributed by atoms with van der Waals surface area (Å²) in [5.74, 6) is -0.203. The van der Waals surface area contributed by atoms with E-state index < -0.39 is 0 Å². The molecule has 0 heterocycles. The summed E-state index contributed by atoms with van der Waals surface area (Å²) in [5, 5.41) is 17.5. The van der Waals surface area contributed by atoms with Crippen LogP contribution < -0.4 is 10.6 Å². The Morgan fingerprint density at radius 3 is 2.60 bits per heavy atom. The number of anilines is 1. The Bertz CT molecular complexity index is 994. The van der Waals surface area contributed by atoms with Crippen LogP contribution in [0.4, 0.5) is 5.69 Å². The fourth-order valence-electron chi connectivity index (χ4n) is 2.40. The highest BCUT2D eigenvalue weighted by atomic mass is 127. The molecule has 0 fully saturated rings. The number of carbonyl (C=O) groups is 1. The molecule has 3 rings (SSSR count). The number of benzene rings is 3. The number of aromatic hydroxyl groups is 1. The van der Waals surface area contributed by atoms with Gasteiger partial charge in [0.2, 0.25) is 0 Å². The van der Waals surface area contributed by atoms with Gasteiger partial charge in [0.25, 0.3) is 5.91 Å². The van der Waals surface area contributed by atoms with Crippen LogP contribution in [0.1, 0.15) is 10.4 Å². The van der Waals surface area contributed by atoms with Crippen molar-refractivity contribution in [2.75, 3.05) is 5.32 Å². The molecule has 1 amide bonds. The molecule has 0 aromatic heterocycles. The molecule has 7 heteroatoms. The first-order valence-corrected chi connectivity index (χ1v) is 9.10. The van der Waals surface area contributed by atoms with Gasteiger partial charge in [0.1, 0.15) is 5.75 Å². The minimum Gasteiger partial charge on any atom is -0.507 e. The predicted octanol–water partition coefficient (Wildman–Crippen LogP) is 4.93. The van der Waals surface area contributed by atoms with Gasteiger partial charge >= 0.3 is 0 Å². The standard InChI is InChI=1S/C18H12ClIN2O2S/c19-14-8-7-10(20)9-13(14)17(24)22-18(25)21-15-5-1-4-12-11(15)3-2-6-16(12)23/h1-9,23H,(H2,21,22,24,25). The third-order valence-corrected chi connectivity index (χ3v) is 4.75. The van der Waals surface area contributed by atoms with Gasteiger partial charge in [-0.25, -0.2) is 0 Å². The lowest BCUT2D eigenvalue weighted by Crippen LogP contribution is -2.34. The fourth-order valence-corrected chi connectivity index (χ4v) is 3.30. The molecule has 0 unspecified atom stereocenters. The number of rotatable bonds is 2. The molecule has 3 N–H and O–H groups in total. The molecular weight excluding hydrogens is 471 g/mol. The summed E-state index contributed by atoms with van der Waals surface area (Å²) in [6.07, 6.45) is 0. The van der Waals surface area contributed by atoms with E-state index in [2.05, 4.69) is 33.2 Å². The van der Waals surface area contributed by atoms with Crippen molar-refractivity contribution in [3.8, 4) is 5.75 Å². The number of hydrogen-bond acceptors (Lipinski definition) is 3. The van der Waals surface area contributed by atoms with E-state index in [1.165, 1.54) is 0 Å². The molecule has 0 aliphatic rings. The maximum absolute atomic E-state index is 12.4. The van der Waals surface area contributed by atoms with Crippen LogP contribution in [0.2, 0.25) is 5.02 Å². The molecule has 0 saturated carbocycles. The summed E-state index contributed by atoms with van der Waals surface area (Å²) in [6, 6.07) is 15.8. The van der Waals surface area contributed by atoms with Gasteiger partial charge in [-0.3, -0.25) is 10.1 Å². The Morgan fingerprint density at radius 1 is 1.08 bits per heavy atom. The van der Waals surface area contributed by atoms with Crippen molar-refractivity contribution >= 4 is 73.9 Å². The van der Waals surface area contributed by atoms with Gasteiger partial charge < -0.3 is 10.4 Å². The minimum absolute atomic E-state index is 0.149. The SMILES string of the molecule is O=C(NC(=S)Nc1cccc2c(O)cccc12)c1cc(I)ccc1Cl. The fraction of sp³-hybridized carbons (Fsp3) is 0. The second-order valence-electron chi connectivity index (χ2n) is 5.21. The number of amides is 1. The topological polar surface area (TPSA) is 61.4 Å². The number of phenols is 1. The average molecular weight is 483 g/mol. The lowest BCUT2D eigenvalue weighted by Gasteiger charge is -2.13. The maximum Gasteiger partial charge on any atom is 0.258 e. The van der Waals surface area contributed by atoms with Gasteiger partial charge in [-0.05, 0) is 65.1 Å². The third-order valence-electron chi connectivity index (χ3n) is 3.55. The van der Waals surface area contributed by atoms with Crippen molar-refractivity contribution in [1.29, 1.82) is 0 Å². The molecular formula is C18H12ClIN2O2S. The van der Waals surface area contributed by atoms with E-state index in [0.29, 0.717) is 21.7 Å². The number of fused-ring (bicyclic) bond motifs is 1. The van der Waals surface area contributed by atoms with Crippen LogP contribution in [0.3, 0.4) is 0 Å². The van der Waals surface area contributed by atoms with Crippen molar-refractivity contribution in [2.24, 2.45) is 0 Å². The number of carbonyl (C=O) groups excluding carboxylic acids is 1. The first-order valence-electron chi connectivity index (χ1n) is 7.24. The van der Waals surface area contributed by atoms with E-state index in [0.717, 1.165) is 8.96 Å². The normalized spacial score (nSPS) is 10.5. The molecule has 4 nitrogen and oxygen atoms in total. The molecule has 0 atom stereocenters. The first-order chi connectivity index (χ1) is 12.0. The van der Waals surface area contributed by atoms with Crippen molar-refractivity contribution in [1.82, 2.24) is 5.32 Å². The van der Waals surface area contributed by atoms with Crippen molar-refractivity contribution in [2.45, 2.75) is 0 Å². The van der Waals surface area contributed by atoms with Gasteiger partial charge in [0, 0.05) is 20.0 Å². The highest BCUT2D eigenvalue weighted by molar-refractivity contribution is 14.1. The van der Waals surface area contributed by atoms with E-state index in [1.54, 1.807) is 30.3 Å². The van der Waals surface area contributed by atoms with Gasteiger partial charge in [-0.15, -0.1) is 0 Å². The lowest BCUT2D eigenvalue weighted by molar-refractivity contribution is 0.0978. The Balaban J connectivity index is 1.80. The smallest absolute Gasteiger partial charge is 0.258 e. The summed E-state index contributed by atoms with van der Waals surface area (Å²) in [6.45, 7) is 0. The van der Waals surface area contributed by atoms with Crippen molar-refractivity contribution in [3.05, 3.63) is 68.8 Å². The Hall–Kier alpha value is -1.90. The van der Waals surface area contributed by atoms with Gasteiger partial charge in [0.15, 0.2) is 5.11 Å². The molecule has 3 aromatic rings. The molecule has 0 aliphatic heterocycles. The number of hydrogen-bond donors (Lipinski definition) is 3. The van der Waals surface area contributed by atoms with Crippen LogP contribution in [-0.4, -0.2) is 16.1 Å². The summed E-state index contributed by atoms with van der Waals surface area (Å²) in [7, 11) is 0. The molecule has 0 saturated heterocycles. The molecule has 126 valence electrons. The van der Waals surface area contributed by atoms with Crippen LogP contribution in [-0.2, 0) is 0 Å².